The zero-order valence-electron chi connectivity index (χ0n) is 19.8. The van der Waals surface area contributed by atoms with Gasteiger partial charge in [-0.1, -0.05) is 12.1 Å². The summed E-state index contributed by atoms with van der Waals surface area (Å²) in [6.07, 6.45) is 3.94. The molecule has 3 heterocycles. The van der Waals surface area contributed by atoms with Crippen molar-refractivity contribution in [3.05, 3.63) is 57.9 Å². The summed E-state index contributed by atoms with van der Waals surface area (Å²) in [6, 6.07) is 5.87. The molecule has 0 saturated heterocycles. The minimum atomic E-state index is -3.45. The van der Waals surface area contributed by atoms with Gasteiger partial charge in [0, 0.05) is 25.0 Å². The Morgan fingerprint density at radius 2 is 2.00 bits per heavy atom. The van der Waals surface area contributed by atoms with Gasteiger partial charge in [-0.05, 0) is 59.7 Å². The summed E-state index contributed by atoms with van der Waals surface area (Å²) in [7, 11) is -5.35. The molecule has 3 N–H and O–H groups in total. The van der Waals surface area contributed by atoms with Gasteiger partial charge in [0.15, 0.2) is 16.8 Å². The van der Waals surface area contributed by atoms with E-state index in [0.29, 0.717) is 15.5 Å². The molecule has 1 unspecified atom stereocenters. The van der Waals surface area contributed by atoms with Gasteiger partial charge in [-0.25, -0.2) is 21.7 Å². The second-order valence-corrected chi connectivity index (χ2v) is 13.8. The maximum Gasteiger partial charge on any atom is 0.261 e. The van der Waals surface area contributed by atoms with Crippen LogP contribution in [0.4, 0.5) is 9.39 Å². The number of nitrogens with zero attached hydrogens (tertiary/aromatic N) is 2. The van der Waals surface area contributed by atoms with Crippen molar-refractivity contribution in [3.63, 3.8) is 0 Å². The van der Waals surface area contributed by atoms with Crippen molar-refractivity contribution in [2.24, 2.45) is 22.2 Å². The zero-order chi connectivity index (χ0) is 26.1. The number of hydrogen-bond donors (Lipinski definition) is 3. The molecular formula is C24H25FN4O5S3. The average molecular weight is 565 g/mol. The highest BCUT2D eigenvalue weighted by atomic mass is 32.2. The quantitative estimate of drug-likeness (QED) is 0.495. The summed E-state index contributed by atoms with van der Waals surface area (Å²) < 4.78 is 56.3. The van der Waals surface area contributed by atoms with Crippen molar-refractivity contribution in [3.8, 4) is 0 Å². The third kappa shape index (κ3) is 4.31. The standard InChI is InChI=1S/C24H25FN4O5S3/c1-37(33,34)26-9-15-11-35-23-21(15)36(32)28-22(27-23)18-20(30)17-13-4-5-14(8-13)19(17)29(24(18)31)10-12-2-6-16(25)7-3-12/h2-3,6-7,11,13-14,17,19,26,30H,4-5,8-10H2,1H3,(H,27,28)/t13-,14+,17+,19-,36?/m0/s1. The molecule has 2 fully saturated rings. The lowest BCUT2D eigenvalue weighted by Crippen LogP contribution is -2.53. The van der Waals surface area contributed by atoms with Crippen molar-refractivity contribution in [2.75, 3.05) is 11.6 Å². The van der Waals surface area contributed by atoms with E-state index in [4.69, 9.17) is 0 Å². The molecule has 1 aromatic heterocycles. The monoisotopic (exact) mass is 564 g/mol. The maximum atomic E-state index is 13.9. The fourth-order valence-corrected chi connectivity index (χ4v) is 8.86. The second-order valence-electron chi connectivity index (χ2n) is 10.00. The minimum Gasteiger partial charge on any atom is -0.511 e. The molecule has 9 nitrogen and oxygen atoms in total. The van der Waals surface area contributed by atoms with Gasteiger partial charge in [-0.2, -0.15) is 4.40 Å². The first kappa shape index (κ1) is 24.7. The molecular weight excluding hydrogens is 539 g/mol. The molecule has 1 aromatic carbocycles. The Morgan fingerprint density at radius 1 is 1.27 bits per heavy atom. The lowest BCUT2D eigenvalue weighted by Gasteiger charge is -2.44. The first-order chi connectivity index (χ1) is 17.6. The van der Waals surface area contributed by atoms with E-state index >= 15 is 0 Å². The van der Waals surface area contributed by atoms with Crippen LogP contribution >= 0.6 is 11.3 Å². The van der Waals surface area contributed by atoms with Gasteiger partial charge in [0.2, 0.25) is 10.0 Å². The van der Waals surface area contributed by atoms with Gasteiger partial charge >= 0.3 is 0 Å². The fourth-order valence-electron chi connectivity index (χ4n) is 6.19. The molecule has 0 radical (unpaired) electrons. The molecule has 13 heteroatoms. The van der Waals surface area contributed by atoms with Crippen LogP contribution in [0.5, 0.6) is 0 Å². The Bertz CT molecular complexity index is 1480. The van der Waals surface area contributed by atoms with Crippen LogP contribution in [-0.2, 0) is 38.9 Å². The number of rotatable bonds is 6. The van der Waals surface area contributed by atoms with E-state index in [1.165, 1.54) is 23.5 Å². The lowest BCUT2D eigenvalue weighted by atomic mass is 9.77. The predicted molar refractivity (Wildman–Crippen MR) is 138 cm³/mol. The van der Waals surface area contributed by atoms with E-state index < -0.39 is 26.9 Å². The number of halogens is 1. The minimum absolute atomic E-state index is 0.0131. The van der Waals surface area contributed by atoms with Gasteiger partial charge < -0.3 is 15.3 Å². The van der Waals surface area contributed by atoms with E-state index in [2.05, 4.69) is 14.4 Å². The van der Waals surface area contributed by atoms with Crippen molar-refractivity contribution in [1.29, 1.82) is 0 Å². The summed E-state index contributed by atoms with van der Waals surface area (Å²) >= 11 is 1.23. The van der Waals surface area contributed by atoms with E-state index in [-0.39, 0.29) is 59.9 Å². The van der Waals surface area contributed by atoms with Gasteiger partial charge in [-0.15, -0.1) is 11.3 Å². The smallest absolute Gasteiger partial charge is 0.261 e. The summed E-state index contributed by atoms with van der Waals surface area (Å²) in [5, 5.41) is 16.7. The highest BCUT2D eigenvalue weighted by Gasteiger charge is 2.57. The van der Waals surface area contributed by atoms with Crippen LogP contribution in [0.1, 0.15) is 30.4 Å². The van der Waals surface area contributed by atoms with Gasteiger partial charge in [0.1, 0.15) is 27.0 Å². The van der Waals surface area contributed by atoms with Crippen molar-refractivity contribution < 1.29 is 26.9 Å². The van der Waals surface area contributed by atoms with Crippen molar-refractivity contribution >= 4 is 49.1 Å². The molecule has 196 valence electrons. The van der Waals surface area contributed by atoms with E-state index in [1.807, 2.05) is 0 Å². The van der Waals surface area contributed by atoms with Crippen LogP contribution in [0.15, 0.2) is 50.3 Å². The molecule has 2 aliphatic heterocycles. The number of benzene rings is 1. The number of nitrogens with one attached hydrogen (secondary N) is 2. The van der Waals surface area contributed by atoms with E-state index in [9.17, 15) is 26.9 Å². The first-order valence-electron chi connectivity index (χ1n) is 11.9. The number of amidine groups is 1. The molecule has 0 spiro atoms. The molecule has 2 saturated carbocycles. The average Bonchev–Trinajstić information content (AvgIpc) is 3.56. The number of sulfonamides is 1. The van der Waals surface area contributed by atoms with Crippen LogP contribution in [0.3, 0.4) is 0 Å². The summed E-state index contributed by atoms with van der Waals surface area (Å²) in [4.78, 5) is 16.0. The summed E-state index contributed by atoms with van der Waals surface area (Å²) in [5.74, 6) is -0.433. The highest BCUT2D eigenvalue weighted by molar-refractivity contribution is 7.88. The second kappa shape index (κ2) is 9.00. The Hall–Kier alpha value is -2.61. The highest BCUT2D eigenvalue weighted by Crippen LogP contribution is 2.55. The van der Waals surface area contributed by atoms with Gasteiger partial charge in [0.25, 0.3) is 5.91 Å². The Kier molecular flexibility index (Phi) is 6.01. The SMILES string of the molecule is CS(=O)(=O)NCc1csc2c1S(=O)N=C(C1=C(O)[C@@H]3[C@H]4CC[C@H](C4)[C@@H]3N(Cc3ccc(F)cc3)C1=O)N2. The number of aliphatic hydroxyl groups excluding tert-OH is 1. The van der Waals surface area contributed by atoms with Crippen LogP contribution < -0.4 is 10.0 Å². The molecule has 4 aliphatic rings. The van der Waals surface area contributed by atoms with E-state index in [1.54, 1.807) is 22.4 Å². The van der Waals surface area contributed by atoms with Crippen LogP contribution in [0.2, 0.25) is 0 Å². The maximum absolute atomic E-state index is 13.9. The van der Waals surface area contributed by atoms with Crippen molar-refractivity contribution in [2.45, 2.75) is 43.3 Å². The van der Waals surface area contributed by atoms with Gasteiger partial charge in [-0.3, -0.25) is 4.79 Å². The third-order valence-corrected chi connectivity index (χ3v) is 10.6. The Labute approximate surface area is 220 Å². The topological polar surface area (TPSA) is 128 Å². The van der Waals surface area contributed by atoms with Crippen LogP contribution in [-0.4, -0.2) is 46.7 Å². The number of anilines is 1. The molecule has 2 bridgehead atoms. The summed E-state index contributed by atoms with van der Waals surface area (Å²) in [5.41, 5.74) is 1.32. The zero-order valence-corrected chi connectivity index (χ0v) is 22.3. The number of aliphatic hydroxyl groups is 1. The number of thiophene rings is 1. The largest absolute Gasteiger partial charge is 0.511 e. The van der Waals surface area contributed by atoms with Gasteiger partial charge in [0.05, 0.1) is 6.26 Å². The predicted octanol–water partition coefficient (Wildman–Crippen LogP) is 3.05. The molecule has 1 amide bonds. The number of carbonyl (C=O) groups is 1. The molecule has 6 rings (SSSR count). The summed E-state index contributed by atoms with van der Waals surface area (Å²) in [6.45, 7) is 0.232. The third-order valence-electron chi connectivity index (χ3n) is 7.70. The molecule has 2 aliphatic carbocycles. The normalized spacial score (nSPS) is 28.7. The number of hydrogen-bond acceptors (Lipinski definition) is 7. The van der Waals surface area contributed by atoms with Crippen LogP contribution in [0, 0.1) is 23.6 Å². The van der Waals surface area contributed by atoms with Crippen LogP contribution in [0.25, 0.3) is 0 Å². The first-order valence-corrected chi connectivity index (χ1v) is 15.8. The number of carbonyl (C=O) groups excluding carboxylic acids is 1. The van der Waals surface area contributed by atoms with Crippen molar-refractivity contribution in [1.82, 2.24) is 9.62 Å². The Balaban J connectivity index is 1.35. The fraction of sp³-hybridized carbons (Fsp3) is 0.417. The molecule has 5 atom stereocenters. The van der Waals surface area contributed by atoms with E-state index in [0.717, 1.165) is 31.1 Å². The molecule has 37 heavy (non-hydrogen) atoms. The molecule has 2 aromatic rings. The Morgan fingerprint density at radius 3 is 2.73 bits per heavy atom. The lowest BCUT2D eigenvalue weighted by molar-refractivity contribution is -0.134. The number of fused-ring (bicyclic) bond motifs is 6. The number of amides is 1.